The molecule has 0 N–H and O–H groups in total. The molecule has 2 aromatic rings. The minimum Gasteiger partial charge on any atom is -0.454 e. The zero-order valence-electron chi connectivity index (χ0n) is 13.4. The highest BCUT2D eigenvalue weighted by molar-refractivity contribution is 5.85. The van der Waals surface area contributed by atoms with Crippen molar-refractivity contribution in [2.75, 3.05) is 20.4 Å². The molecule has 0 radical (unpaired) electrons. The Morgan fingerprint density at radius 3 is 3.00 bits per heavy atom. The van der Waals surface area contributed by atoms with E-state index in [0.717, 1.165) is 29.9 Å². The molecule has 0 aromatic heterocycles. The summed E-state index contributed by atoms with van der Waals surface area (Å²) in [4.78, 5) is 14.1. The zero-order valence-corrected chi connectivity index (χ0v) is 13.4. The van der Waals surface area contributed by atoms with E-state index in [1.807, 2.05) is 17.0 Å². The predicted octanol–water partition coefficient (Wildman–Crippen LogP) is 3.30. The second-order valence-corrected chi connectivity index (χ2v) is 6.35. The van der Waals surface area contributed by atoms with Crippen molar-refractivity contribution >= 4 is 6.09 Å². The van der Waals surface area contributed by atoms with E-state index in [1.165, 1.54) is 29.4 Å². The summed E-state index contributed by atoms with van der Waals surface area (Å²) in [7, 11) is 1.44. The van der Waals surface area contributed by atoms with Crippen LogP contribution in [-0.4, -0.2) is 31.4 Å². The second kappa shape index (κ2) is 4.90. The van der Waals surface area contributed by atoms with E-state index >= 15 is 0 Å². The van der Waals surface area contributed by atoms with Crippen molar-refractivity contribution in [3.8, 4) is 22.6 Å². The Kier molecular flexibility index (Phi) is 2.80. The third-order valence-corrected chi connectivity index (χ3v) is 5.23. The van der Waals surface area contributed by atoms with Crippen LogP contribution in [-0.2, 0) is 17.6 Å². The summed E-state index contributed by atoms with van der Waals surface area (Å²) in [6.45, 7) is 0.907. The van der Waals surface area contributed by atoms with E-state index in [9.17, 15) is 4.79 Å². The van der Waals surface area contributed by atoms with Crippen LogP contribution in [0.25, 0.3) is 11.1 Å². The lowest BCUT2D eigenvalue weighted by Crippen LogP contribution is -2.42. The van der Waals surface area contributed by atoms with E-state index in [4.69, 9.17) is 14.2 Å². The number of carbonyl (C=O) groups is 1. The molecule has 1 atom stereocenters. The Morgan fingerprint density at radius 2 is 2.12 bits per heavy atom. The number of rotatable bonds is 0. The molecule has 5 heteroatoms. The molecule has 5 rings (SSSR count). The van der Waals surface area contributed by atoms with Gasteiger partial charge in [-0.05, 0) is 41.2 Å². The van der Waals surface area contributed by atoms with Gasteiger partial charge in [-0.15, -0.1) is 0 Å². The van der Waals surface area contributed by atoms with Crippen molar-refractivity contribution in [1.82, 2.24) is 4.90 Å². The van der Waals surface area contributed by atoms with Gasteiger partial charge in [-0.25, -0.2) is 4.79 Å². The normalized spacial score (nSPS) is 19.5. The molecule has 0 spiro atoms. The van der Waals surface area contributed by atoms with Gasteiger partial charge in [-0.1, -0.05) is 24.3 Å². The van der Waals surface area contributed by atoms with Gasteiger partial charge < -0.3 is 19.1 Å². The highest BCUT2D eigenvalue weighted by atomic mass is 16.7. The number of benzene rings is 2. The molecule has 0 saturated heterocycles. The first-order valence-corrected chi connectivity index (χ1v) is 8.16. The van der Waals surface area contributed by atoms with Crippen LogP contribution >= 0.6 is 0 Å². The Morgan fingerprint density at radius 1 is 1.25 bits per heavy atom. The summed E-state index contributed by atoms with van der Waals surface area (Å²) in [6.07, 6.45) is 1.33. The number of carbonyl (C=O) groups excluding carboxylic acids is 1. The van der Waals surface area contributed by atoms with Crippen LogP contribution in [0.5, 0.6) is 11.5 Å². The average Bonchev–Trinajstić information content (AvgIpc) is 3.09. The SMILES string of the molecule is COC(=O)N1CCc2cc3c(c4c2[C@@H]1Cc1ccccc1-4)OCO3. The predicted molar refractivity (Wildman–Crippen MR) is 87.3 cm³/mol. The second-order valence-electron chi connectivity index (χ2n) is 6.35. The lowest BCUT2D eigenvalue weighted by Gasteiger charge is -2.41. The molecule has 2 heterocycles. The highest BCUT2D eigenvalue weighted by Gasteiger charge is 2.40. The zero-order chi connectivity index (χ0) is 16.3. The van der Waals surface area contributed by atoms with Gasteiger partial charge in [0.1, 0.15) is 0 Å². The Labute approximate surface area is 139 Å². The van der Waals surface area contributed by atoms with Gasteiger partial charge in [0.25, 0.3) is 0 Å². The molecule has 1 amide bonds. The van der Waals surface area contributed by atoms with Crippen LogP contribution in [0.3, 0.4) is 0 Å². The van der Waals surface area contributed by atoms with Crippen molar-refractivity contribution in [3.05, 3.63) is 47.0 Å². The van der Waals surface area contributed by atoms with Crippen LogP contribution in [0.15, 0.2) is 30.3 Å². The van der Waals surface area contributed by atoms with Crippen molar-refractivity contribution in [3.63, 3.8) is 0 Å². The van der Waals surface area contributed by atoms with Gasteiger partial charge in [-0.3, -0.25) is 0 Å². The first kappa shape index (κ1) is 13.7. The molecule has 3 aliphatic rings. The van der Waals surface area contributed by atoms with Crippen LogP contribution in [0.1, 0.15) is 22.7 Å². The van der Waals surface area contributed by atoms with E-state index in [1.54, 1.807) is 0 Å². The fraction of sp³-hybridized carbons (Fsp3) is 0.316. The number of amides is 1. The molecule has 0 bridgehead atoms. The lowest BCUT2D eigenvalue weighted by molar-refractivity contribution is 0.100. The molecular weight excluding hydrogens is 306 g/mol. The van der Waals surface area contributed by atoms with Crippen LogP contribution in [0.4, 0.5) is 4.79 Å². The van der Waals surface area contributed by atoms with Crippen molar-refractivity contribution in [2.24, 2.45) is 0 Å². The van der Waals surface area contributed by atoms with E-state index < -0.39 is 0 Å². The molecule has 24 heavy (non-hydrogen) atoms. The molecule has 0 fully saturated rings. The molecule has 1 aliphatic carbocycles. The largest absolute Gasteiger partial charge is 0.454 e. The minimum atomic E-state index is -0.270. The van der Waals surface area contributed by atoms with Crippen molar-refractivity contribution in [1.29, 1.82) is 0 Å². The van der Waals surface area contributed by atoms with Gasteiger partial charge in [-0.2, -0.15) is 0 Å². The van der Waals surface area contributed by atoms with E-state index in [-0.39, 0.29) is 18.9 Å². The minimum absolute atomic E-state index is 0.0133. The lowest BCUT2D eigenvalue weighted by atomic mass is 9.76. The maximum Gasteiger partial charge on any atom is 0.410 e. The quantitative estimate of drug-likeness (QED) is 0.746. The van der Waals surface area contributed by atoms with Crippen LogP contribution < -0.4 is 9.47 Å². The smallest absolute Gasteiger partial charge is 0.410 e. The number of nitrogens with zero attached hydrogens (tertiary/aromatic N) is 1. The average molecular weight is 323 g/mol. The summed E-state index contributed by atoms with van der Waals surface area (Å²) in [5.41, 5.74) is 5.92. The molecule has 2 aromatic carbocycles. The van der Waals surface area contributed by atoms with Gasteiger partial charge in [0.2, 0.25) is 6.79 Å². The maximum absolute atomic E-state index is 12.3. The highest BCUT2D eigenvalue weighted by Crippen LogP contribution is 2.53. The molecule has 122 valence electrons. The van der Waals surface area contributed by atoms with Crippen molar-refractivity contribution in [2.45, 2.75) is 18.9 Å². The van der Waals surface area contributed by atoms with Gasteiger partial charge in [0, 0.05) is 12.1 Å². The topological polar surface area (TPSA) is 48.0 Å². The fourth-order valence-corrected chi connectivity index (χ4v) is 4.22. The van der Waals surface area contributed by atoms with Crippen LogP contribution in [0, 0.1) is 0 Å². The molecular formula is C19H17NO4. The van der Waals surface area contributed by atoms with Gasteiger partial charge in [0.15, 0.2) is 11.5 Å². The van der Waals surface area contributed by atoms with E-state index in [0.29, 0.717) is 6.54 Å². The number of ether oxygens (including phenoxy) is 3. The maximum atomic E-state index is 12.3. The Bertz CT molecular complexity index is 861. The molecule has 5 nitrogen and oxygen atoms in total. The number of fused-ring (bicyclic) bond motifs is 4. The summed E-state index contributed by atoms with van der Waals surface area (Å²) in [5, 5.41) is 0. The third kappa shape index (κ3) is 1.72. The summed E-state index contributed by atoms with van der Waals surface area (Å²) >= 11 is 0. The fourth-order valence-electron chi connectivity index (χ4n) is 4.22. The molecule has 0 saturated carbocycles. The first-order valence-electron chi connectivity index (χ1n) is 8.16. The number of methoxy groups -OCH3 is 1. The van der Waals surface area contributed by atoms with Crippen LogP contribution in [0.2, 0.25) is 0 Å². The monoisotopic (exact) mass is 323 g/mol. The van der Waals surface area contributed by atoms with Crippen molar-refractivity contribution < 1.29 is 19.0 Å². The van der Waals surface area contributed by atoms with E-state index in [2.05, 4.69) is 18.2 Å². The standard InChI is InChI=1S/C19H17NO4/c1-22-19(21)20-7-6-12-9-15-18(24-10-23-15)17-13-5-3-2-4-11(13)8-14(20)16(12)17/h2-5,9,14H,6-8,10H2,1H3/t14-/m0/s1. The number of hydrogen-bond donors (Lipinski definition) is 0. The summed E-state index contributed by atoms with van der Waals surface area (Å²) in [5.74, 6) is 1.61. The van der Waals surface area contributed by atoms with Gasteiger partial charge in [0.05, 0.1) is 13.2 Å². The summed E-state index contributed by atoms with van der Waals surface area (Å²) in [6, 6.07) is 10.4. The van der Waals surface area contributed by atoms with Gasteiger partial charge >= 0.3 is 6.09 Å². The first-order chi connectivity index (χ1) is 11.8. The Balaban J connectivity index is 1.79. The third-order valence-electron chi connectivity index (χ3n) is 5.23. The molecule has 0 unspecified atom stereocenters. The number of hydrogen-bond acceptors (Lipinski definition) is 4. The summed E-state index contributed by atoms with van der Waals surface area (Å²) < 4.78 is 16.5. The Hall–Kier alpha value is -2.69. The molecule has 2 aliphatic heterocycles.